The predicted octanol–water partition coefficient (Wildman–Crippen LogP) is 2.49. The fraction of sp³-hybridized carbons (Fsp3) is 0.438. The monoisotopic (exact) mass is 273 g/mol. The Labute approximate surface area is 119 Å². The summed E-state index contributed by atoms with van der Waals surface area (Å²) >= 11 is 0. The molecule has 1 aromatic heterocycles. The third-order valence-corrected chi connectivity index (χ3v) is 3.64. The van der Waals surface area contributed by atoms with Crippen LogP contribution in [0.2, 0.25) is 0 Å². The van der Waals surface area contributed by atoms with E-state index in [2.05, 4.69) is 19.1 Å². The van der Waals surface area contributed by atoms with Gasteiger partial charge in [0.15, 0.2) is 0 Å². The van der Waals surface area contributed by atoms with Crippen molar-refractivity contribution >= 4 is 0 Å². The van der Waals surface area contributed by atoms with Crippen LogP contribution in [0.3, 0.4) is 0 Å². The van der Waals surface area contributed by atoms with Crippen LogP contribution >= 0.6 is 0 Å². The standard InChI is InChI=1S/C16H23N3O/c1-4-13-5-7-14(8-6-13)15(17)11-18-9-10-19(12(2)3)16(18)20/h5-10,12,15H,4,11,17H2,1-3H3. The molecule has 0 bridgehead atoms. The lowest BCUT2D eigenvalue weighted by Crippen LogP contribution is -2.29. The van der Waals surface area contributed by atoms with Gasteiger partial charge in [-0.15, -0.1) is 0 Å². The van der Waals surface area contributed by atoms with E-state index in [0.29, 0.717) is 6.54 Å². The predicted molar refractivity (Wildman–Crippen MR) is 81.8 cm³/mol. The van der Waals surface area contributed by atoms with E-state index in [9.17, 15) is 4.79 Å². The molecule has 0 spiro atoms. The van der Waals surface area contributed by atoms with Gasteiger partial charge in [0.25, 0.3) is 0 Å². The SMILES string of the molecule is CCc1ccc(C(N)Cn2ccn(C(C)C)c2=O)cc1. The Bertz CT molecular complexity index is 607. The Morgan fingerprint density at radius 1 is 1.15 bits per heavy atom. The van der Waals surface area contributed by atoms with E-state index in [4.69, 9.17) is 5.73 Å². The first kappa shape index (κ1) is 14.6. The molecule has 0 aliphatic carbocycles. The molecule has 0 aliphatic rings. The molecule has 2 N–H and O–H groups in total. The third kappa shape index (κ3) is 3.02. The molecule has 20 heavy (non-hydrogen) atoms. The van der Waals surface area contributed by atoms with Crippen LogP contribution in [-0.4, -0.2) is 9.13 Å². The van der Waals surface area contributed by atoms with Gasteiger partial charge in [-0.25, -0.2) is 4.79 Å². The second kappa shape index (κ2) is 6.09. The molecule has 2 aromatic rings. The van der Waals surface area contributed by atoms with Gasteiger partial charge in [0.1, 0.15) is 0 Å². The maximum absolute atomic E-state index is 12.1. The van der Waals surface area contributed by atoms with Gasteiger partial charge >= 0.3 is 5.69 Å². The minimum atomic E-state index is -0.165. The first-order chi connectivity index (χ1) is 9.52. The summed E-state index contributed by atoms with van der Waals surface area (Å²) in [6.45, 7) is 6.62. The zero-order valence-corrected chi connectivity index (χ0v) is 12.4. The number of aryl methyl sites for hydroxylation is 1. The number of benzene rings is 1. The first-order valence-corrected chi connectivity index (χ1v) is 7.14. The van der Waals surface area contributed by atoms with E-state index in [1.54, 1.807) is 9.13 Å². The molecule has 1 heterocycles. The molecule has 1 atom stereocenters. The highest BCUT2D eigenvalue weighted by Crippen LogP contribution is 2.13. The summed E-state index contributed by atoms with van der Waals surface area (Å²) in [5.74, 6) is 0. The Hall–Kier alpha value is -1.81. The van der Waals surface area contributed by atoms with Gasteiger partial charge in [0, 0.05) is 31.0 Å². The average molecular weight is 273 g/mol. The Kier molecular flexibility index (Phi) is 4.45. The van der Waals surface area contributed by atoms with E-state index in [1.807, 2.05) is 38.4 Å². The second-order valence-corrected chi connectivity index (χ2v) is 5.44. The van der Waals surface area contributed by atoms with E-state index < -0.39 is 0 Å². The van der Waals surface area contributed by atoms with Crippen molar-refractivity contribution in [1.82, 2.24) is 9.13 Å². The van der Waals surface area contributed by atoms with Gasteiger partial charge in [-0.05, 0) is 31.4 Å². The van der Waals surface area contributed by atoms with Crippen LogP contribution in [0.15, 0.2) is 41.5 Å². The number of imidazole rings is 1. The highest BCUT2D eigenvalue weighted by Gasteiger charge is 2.11. The van der Waals surface area contributed by atoms with Crippen LogP contribution in [0.5, 0.6) is 0 Å². The first-order valence-electron chi connectivity index (χ1n) is 7.14. The molecule has 108 valence electrons. The number of hydrogen-bond donors (Lipinski definition) is 1. The molecule has 0 fully saturated rings. The molecule has 0 saturated carbocycles. The van der Waals surface area contributed by atoms with E-state index >= 15 is 0 Å². The second-order valence-electron chi connectivity index (χ2n) is 5.44. The van der Waals surface area contributed by atoms with Crippen LogP contribution in [0.4, 0.5) is 0 Å². The molecule has 0 radical (unpaired) electrons. The van der Waals surface area contributed by atoms with Crippen molar-refractivity contribution in [3.8, 4) is 0 Å². The van der Waals surface area contributed by atoms with Gasteiger partial charge in [-0.2, -0.15) is 0 Å². The maximum atomic E-state index is 12.1. The van der Waals surface area contributed by atoms with Crippen molar-refractivity contribution in [2.45, 2.75) is 45.8 Å². The molecule has 0 aliphatic heterocycles. The maximum Gasteiger partial charge on any atom is 0.328 e. The third-order valence-electron chi connectivity index (χ3n) is 3.64. The summed E-state index contributed by atoms with van der Waals surface area (Å²) in [4.78, 5) is 12.1. The summed E-state index contributed by atoms with van der Waals surface area (Å²) in [5.41, 5.74) is 8.56. The van der Waals surface area contributed by atoms with Crippen molar-refractivity contribution in [2.75, 3.05) is 0 Å². The lowest BCUT2D eigenvalue weighted by atomic mass is 10.0. The zero-order chi connectivity index (χ0) is 14.7. The fourth-order valence-corrected chi connectivity index (χ4v) is 2.28. The number of hydrogen-bond acceptors (Lipinski definition) is 2. The van der Waals surface area contributed by atoms with Gasteiger partial charge in [0.2, 0.25) is 0 Å². The molecule has 0 saturated heterocycles. The quantitative estimate of drug-likeness (QED) is 0.910. The van der Waals surface area contributed by atoms with Crippen molar-refractivity contribution in [1.29, 1.82) is 0 Å². The summed E-state index contributed by atoms with van der Waals surface area (Å²) in [7, 11) is 0. The van der Waals surface area contributed by atoms with Gasteiger partial charge < -0.3 is 5.73 Å². The molecule has 0 amide bonds. The van der Waals surface area contributed by atoms with Crippen molar-refractivity contribution in [2.24, 2.45) is 5.73 Å². The number of rotatable bonds is 5. The van der Waals surface area contributed by atoms with Crippen molar-refractivity contribution < 1.29 is 0 Å². The lowest BCUT2D eigenvalue weighted by Gasteiger charge is -2.13. The van der Waals surface area contributed by atoms with Crippen LogP contribution < -0.4 is 11.4 Å². The molecular weight excluding hydrogens is 250 g/mol. The number of nitrogens with zero attached hydrogens (tertiary/aromatic N) is 2. The van der Waals surface area contributed by atoms with E-state index in [-0.39, 0.29) is 17.8 Å². The smallest absolute Gasteiger partial charge is 0.322 e. The zero-order valence-electron chi connectivity index (χ0n) is 12.4. The molecular formula is C16H23N3O. The van der Waals surface area contributed by atoms with Gasteiger partial charge in [0.05, 0.1) is 0 Å². The number of nitrogens with two attached hydrogens (primary N) is 1. The minimum absolute atomic E-state index is 0.000582. The Morgan fingerprint density at radius 3 is 2.30 bits per heavy atom. The molecule has 4 nitrogen and oxygen atoms in total. The summed E-state index contributed by atoms with van der Waals surface area (Å²) in [6, 6.07) is 8.29. The number of aromatic nitrogens is 2. The minimum Gasteiger partial charge on any atom is -0.322 e. The van der Waals surface area contributed by atoms with Gasteiger partial charge in [-0.1, -0.05) is 31.2 Å². The van der Waals surface area contributed by atoms with Crippen molar-refractivity contribution in [3.05, 3.63) is 58.3 Å². The lowest BCUT2D eigenvalue weighted by molar-refractivity contribution is 0.520. The van der Waals surface area contributed by atoms with Crippen LogP contribution in [0.1, 0.15) is 44.0 Å². The van der Waals surface area contributed by atoms with Crippen molar-refractivity contribution in [3.63, 3.8) is 0 Å². The molecule has 4 heteroatoms. The normalized spacial score (nSPS) is 12.8. The van der Waals surface area contributed by atoms with Crippen LogP contribution in [0.25, 0.3) is 0 Å². The summed E-state index contributed by atoms with van der Waals surface area (Å²) in [6.07, 6.45) is 4.65. The van der Waals surface area contributed by atoms with E-state index in [0.717, 1.165) is 12.0 Å². The molecule has 2 rings (SSSR count). The van der Waals surface area contributed by atoms with Gasteiger partial charge in [-0.3, -0.25) is 9.13 Å². The molecule has 1 aromatic carbocycles. The summed E-state index contributed by atoms with van der Waals surface area (Å²) in [5, 5.41) is 0. The fourth-order valence-electron chi connectivity index (χ4n) is 2.28. The highest BCUT2D eigenvalue weighted by molar-refractivity contribution is 5.24. The summed E-state index contributed by atoms with van der Waals surface area (Å²) < 4.78 is 3.39. The average Bonchev–Trinajstić information content (AvgIpc) is 2.80. The van der Waals surface area contributed by atoms with Crippen LogP contribution in [-0.2, 0) is 13.0 Å². The Balaban J connectivity index is 2.14. The topological polar surface area (TPSA) is 52.9 Å². The Morgan fingerprint density at radius 2 is 1.80 bits per heavy atom. The molecule has 1 unspecified atom stereocenters. The van der Waals surface area contributed by atoms with E-state index in [1.165, 1.54) is 5.56 Å². The highest BCUT2D eigenvalue weighted by atomic mass is 16.1. The largest absolute Gasteiger partial charge is 0.328 e. The van der Waals surface area contributed by atoms with Crippen LogP contribution in [0, 0.1) is 0 Å².